The highest BCUT2D eigenvalue weighted by molar-refractivity contribution is 8.00. The average molecular weight is 849 g/mol. The van der Waals surface area contributed by atoms with Gasteiger partial charge in [-0.3, -0.25) is 14.6 Å². The average Bonchev–Trinajstić information content (AvgIpc) is 3.87. The van der Waals surface area contributed by atoms with Crippen molar-refractivity contribution < 1.29 is 48.0 Å². The van der Waals surface area contributed by atoms with Gasteiger partial charge < -0.3 is 38.4 Å². The Morgan fingerprint density at radius 3 is 2.41 bits per heavy atom. The Balaban J connectivity index is 1.06. The quantitative estimate of drug-likeness (QED) is 0.110. The Morgan fingerprint density at radius 1 is 1.03 bits per heavy atom. The number of piperazine rings is 1. The summed E-state index contributed by atoms with van der Waals surface area (Å²) in [6.07, 6.45) is 0.393. The molecule has 318 valence electrons. The predicted molar refractivity (Wildman–Crippen MR) is 225 cm³/mol. The lowest BCUT2D eigenvalue weighted by Gasteiger charge is -2.62. The van der Waals surface area contributed by atoms with E-state index < -0.39 is 41.5 Å². The van der Waals surface area contributed by atoms with Crippen molar-refractivity contribution >= 4 is 29.2 Å². The molecule has 9 rings (SSSR count). The number of fused-ring (bicyclic) bond motifs is 11. The number of piperidine rings is 1. The number of methoxy groups -OCH3 is 2. The Kier molecular flexibility index (Phi) is 10.9. The van der Waals surface area contributed by atoms with Gasteiger partial charge in [0.2, 0.25) is 6.79 Å². The Morgan fingerprint density at radius 2 is 1.74 bits per heavy atom. The number of aryl methyl sites for hydroxylation is 1. The molecule has 6 aliphatic rings. The molecule has 0 spiro atoms. The van der Waals surface area contributed by atoms with E-state index in [1.807, 2.05) is 43.1 Å². The summed E-state index contributed by atoms with van der Waals surface area (Å²) < 4.78 is 35.5. The molecule has 1 N–H and O–H groups in total. The van der Waals surface area contributed by atoms with E-state index in [0.717, 1.165) is 16.7 Å². The minimum atomic E-state index is -2.09. The maximum Gasteiger partial charge on any atom is 0.357 e. The zero-order valence-electron chi connectivity index (χ0n) is 34.9. The van der Waals surface area contributed by atoms with E-state index in [1.165, 1.54) is 36.5 Å². The molecule has 0 amide bonds. The van der Waals surface area contributed by atoms with Crippen LogP contribution in [0.4, 0.5) is 0 Å². The summed E-state index contributed by atoms with van der Waals surface area (Å²) in [6.45, 7) is 3.00. The minimum absolute atomic E-state index is 0.0481. The molecule has 15 heteroatoms. The zero-order chi connectivity index (χ0) is 42.7. The summed E-state index contributed by atoms with van der Waals surface area (Å²) in [5, 5.41) is 28.1. The van der Waals surface area contributed by atoms with Crippen molar-refractivity contribution in [3.05, 3.63) is 105 Å². The standard InChI is InChI=1S/C46H48N4O10S/c1-24-15-26-16-33-35(18-47)50-34(39(49(33)3)37(26)42(40(24)55-5)58-22-54-4)17-46(53)38(43-41(59-23-60-43)25(2)44(46)51)36(50)19-57-45(52)32(48-56-6)21-61-20-31-29-13-9-7-11-27(29)28-12-8-10-14-30(28)31/h7-15,31,33-36,39,53H,16-17,19-23H2,1-6H3/b48-32+/t33-,34?,35-,36-,39+,46+/m0/s1. The third kappa shape index (κ3) is 6.41. The second-order valence-electron chi connectivity index (χ2n) is 16.2. The first-order valence-electron chi connectivity index (χ1n) is 20.3. The van der Waals surface area contributed by atoms with Crippen LogP contribution in [-0.4, -0.2) is 122 Å². The smallest absolute Gasteiger partial charge is 0.357 e. The van der Waals surface area contributed by atoms with Gasteiger partial charge in [0.05, 0.1) is 25.3 Å². The largest absolute Gasteiger partial charge is 0.493 e. The molecular weight excluding hydrogens is 801 g/mol. The molecule has 14 nitrogen and oxygen atoms in total. The van der Waals surface area contributed by atoms with Crippen molar-refractivity contribution in [1.29, 1.82) is 5.26 Å². The second kappa shape index (κ2) is 16.2. The normalized spacial score (nSPS) is 26.5. The van der Waals surface area contributed by atoms with Gasteiger partial charge in [0, 0.05) is 59.7 Å². The van der Waals surface area contributed by atoms with Gasteiger partial charge in [-0.05, 0) is 60.7 Å². The molecule has 3 fully saturated rings. The molecule has 0 aromatic heterocycles. The lowest BCUT2D eigenvalue weighted by molar-refractivity contribution is -0.155. The van der Waals surface area contributed by atoms with Gasteiger partial charge in [-0.1, -0.05) is 59.8 Å². The molecule has 2 bridgehead atoms. The molecule has 3 aromatic rings. The van der Waals surface area contributed by atoms with Crippen LogP contribution in [0.2, 0.25) is 0 Å². The number of thioether (sulfide) groups is 1. The summed E-state index contributed by atoms with van der Waals surface area (Å²) in [4.78, 5) is 37.9. The summed E-state index contributed by atoms with van der Waals surface area (Å²) in [6, 6.07) is 18.1. The molecule has 0 radical (unpaired) electrons. The molecular formula is C46H48N4O10S. The van der Waals surface area contributed by atoms with Crippen LogP contribution in [0, 0.1) is 18.3 Å². The summed E-state index contributed by atoms with van der Waals surface area (Å²) >= 11 is 1.55. The number of rotatable bonds is 12. The van der Waals surface area contributed by atoms with Gasteiger partial charge in [-0.25, -0.2) is 4.79 Å². The zero-order valence-corrected chi connectivity index (χ0v) is 35.7. The molecule has 1 unspecified atom stereocenters. The number of Topliss-reactive ketones (excluding diaryl/α,β-unsaturated/α-hetero) is 1. The fraction of sp³-hybridized carbons (Fsp3) is 0.435. The van der Waals surface area contributed by atoms with E-state index in [0.29, 0.717) is 23.7 Å². The van der Waals surface area contributed by atoms with E-state index >= 15 is 0 Å². The van der Waals surface area contributed by atoms with Crippen molar-refractivity contribution in [1.82, 2.24) is 9.80 Å². The van der Waals surface area contributed by atoms with Gasteiger partial charge in [-0.2, -0.15) is 17.0 Å². The van der Waals surface area contributed by atoms with Crippen molar-refractivity contribution in [3.63, 3.8) is 0 Å². The highest BCUT2D eigenvalue weighted by Crippen LogP contribution is 2.57. The topological polar surface area (TPSA) is 162 Å². The van der Waals surface area contributed by atoms with E-state index in [-0.39, 0.29) is 72.7 Å². The number of oxime groups is 1. The number of benzene rings is 3. The molecule has 3 aromatic carbocycles. The van der Waals surface area contributed by atoms with Gasteiger partial charge in [0.1, 0.15) is 19.8 Å². The van der Waals surface area contributed by atoms with Crippen molar-refractivity contribution in [3.8, 4) is 28.7 Å². The van der Waals surface area contributed by atoms with Gasteiger partial charge in [-0.15, -0.1) is 0 Å². The number of carbonyl (C=O) groups excluding carboxylic acids is 2. The number of likely N-dealkylation sites (N-methyl/N-ethyl adjacent to an activating group) is 1. The molecule has 4 aliphatic heterocycles. The fourth-order valence-corrected chi connectivity index (χ4v) is 11.8. The van der Waals surface area contributed by atoms with E-state index in [1.54, 1.807) is 25.8 Å². The first kappa shape index (κ1) is 41.0. The second-order valence-corrected chi connectivity index (χ2v) is 17.3. The molecule has 61 heavy (non-hydrogen) atoms. The van der Waals surface area contributed by atoms with Crippen molar-refractivity contribution in [2.24, 2.45) is 5.16 Å². The highest BCUT2D eigenvalue weighted by atomic mass is 32.2. The van der Waals surface area contributed by atoms with Crippen LogP contribution in [0.5, 0.6) is 11.5 Å². The summed E-state index contributed by atoms with van der Waals surface area (Å²) in [5.41, 5.74) is 5.95. The molecule has 2 aliphatic carbocycles. The Labute approximate surface area is 358 Å². The molecule has 4 heterocycles. The SMILES string of the molecule is COCOc1c(OC)c(C)cc2c1[C@H]1C3C[C@]4(O)C(=O)C(C)=C5OCOC5=C4[C@H](COC(=O)/C(CSCC4c5ccccc5-c5ccccc54)=N/OC)N3[C@@H](C#N)[C@H](C2)N1C. The lowest BCUT2D eigenvalue weighted by atomic mass is 9.65. The fourth-order valence-electron chi connectivity index (χ4n) is 10.7. The Bertz CT molecular complexity index is 2400. The number of ether oxygens (including phenoxy) is 6. The third-order valence-electron chi connectivity index (χ3n) is 13.2. The number of nitrogens with zero attached hydrogens (tertiary/aromatic N) is 4. The van der Waals surface area contributed by atoms with E-state index in [9.17, 15) is 20.0 Å². The van der Waals surface area contributed by atoms with Crippen LogP contribution in [0.1, 0.15) is 53.1 Å². The lowest BCUT2D eigenvalue weighted by Crippen LogP contribution is -2.74. The van der Waals surface area contributed by atoms with Crippen LogP contribution in [0.25, 0.3) is 11.1 Å². The van der Waals surface area contributed by atoms with E-state index in [4.69, 9.17) is 33.3 Å². The summed E-state index contributed by atoms with van der Waals surface area (Å²) in [5.74, 6) is 1.23. The van der Waals surface area contributed by atoms with Gasteiger partial charge >= 0.3 is 5.97 Å². The number of esters is 1. The van der Waals surface area contributed by atoms with Crippen LogP contribution in [0.15, 0.2) is 82.4 Å². The Hall–Kier alpha value is -5.37. The van der Waals surface area contributed by atoms with Gasteiger partial charge in [0.25, 0.3) is 0 Å². The first-order valence-corrected chi connectivity index (χ1v) is 21.5. The maximum atomic E-state index is 14.5. The molecule has 0 saturated carbocycles. The van der Waals surface area contributed by atoms with Crippen molar-refractivity contribution in [2.75, 3.05) is 60.1 Å². The predicted octanol–water partition coefficient (Wildman–Crippen LogP) is 5.17. The first-order chi connectivity index (χ1) is 29.6. The number of aliphatic hydroxyl groups is 1. The maximum absolute atomic E-state index is 14.5. The number of hydrogen-bond donors (Lipinski definition) is 1. The van der Waals surface area contributed by atoms with Crippen LogP contribution >= 0.6 is 11.8 Å². The number of ketones is 1. The highest BCUT2D eigenvalue weighted by Gasteiger charge is 2.64. The third-order valence-corrected chi connectivity index (χ3v) is 14.2. The number of hydrogen-bond acceptors (Lipinski definition) is 15. The monoisotopic (exact) mass is 848 g/mol. The van der Waals surface area contributed by atoms with Crippen LogP contribution in [0.3, 0.4) is 0 Å². The molecule has 3 saturated heterocycles. The van der Waals surface area contributed by atoms with Crippen LogP contribution < -0.4 is 9.47 Å². The summed E-state index contributed by atoms with van der Waals surface area (Å²) in [7, 11) is 6.45. The van der Waals surface area contributed by atoms with Crippen molar-refractivity contribution in [2.45, 2.75) is 68.4 Å². The number of nitriles is 1. The number of carbonyl (C=O) groups is 2. The van der Waals surface area contributed by atoms with Gasteiger partial charge in [0.15, 0.2) is 46.9 Å². The van der Waals surface area contributed by atoms with Crippen LogP contribution in [-0.2, 0) is 39.8 Å². The molecule has 6 atom stereocenters. The van der Waals surface area contributed by atoms with E-state index in [2.05, 4.69) is 46.5 Å². The minimum Gasteiger partial charge on any atom is -0.493 e.